The fourth-order valence-corrected chi connectivity index (χ4v) is 1.85. The highest BCUT2D eigenvalue weighted by Gasteiger charge is 2.07. The molecule has 0 aliphatic heterocycles. The van der Waals surface area contributed by atoms with Crippen molar-refractivity contribution >= 4 is 23.6 Å². The van der Waals surface area contributed by atoms with Gasteiger partial charge in [-0.1, -0.05) is 23.8 Å². The molecule has 0 bridgehead atoms. The number of halogens is 1. The Kier molecular flexibility index (Phi) is 6.60. The molecule has 0 fully saturated rings. The third-order valence-corrected chi connectivity index (χ3v) is 2.84. The molecule has 0 aromatic heterocycles. The standard InChI is InChI=1S/C16H18ClNO2/c1-4-10-18(11-5-2)16(19)9-6-13-12-14(17)7-8-15(13)20-3/h4-9,12H,1-2,10-11H2,3H3/b9-6+. The van der Waals surface area contributed by atoms with Gasteiger partial charge in [0.2, 0.25) is 5.91 Å². The number of carbonyl (C=O) groups is 1. The van der Waals surface area contributed by atoms with Gasteiger partial charge in [0.15, 0.2) is 0 Å². The van der Waals surface area contributed by atoms with Crippen LogP contribution in [-0.2, 0) is 4.79 Å². The van der Waals surface area contributed by atoms with E-state index in [1.165, 1.54) is 6.08 Å². The summed E-state index contributed by atoms with van der Waals surface area (Å²) < 4.78 is 5.22. The smallest absolute Gasteiger partial charge is 0.247 e. The second-order valence-electron chi connectivity index (χ2n) is 4.04. The van der Waals surface area contributed by atoms with Crippen LogP contribution in [0.25, 0.3) is 6.08 Å². The van der Waals surface area contributed by atoms with Gasteiger partial charge >= 0.3 is 0 Å². The van der Waals surface area contributed by atoms with E-state index in [-0.39, 0.29) is 5.91 Å². The first-order valence-electron chi connectivity index (χ1n) is 6.14. The largest absolute Gasteiger partial charge is 0.496 e. The fraction of sp³-hybridized carbons (Fsp3) is 0.188. The van der Waals surface area contributed by atoms with Crippen LogP contribution in [0, 0.1) is 0 Å². The van der Waals surface area contributed by atoms with Crippen LogP contribution in [-0.4, -0.2) is 31.0 Å². The number of hydrogen-bond donors (Lipinski definition) is 0. The van der Waals surface area contributed by atoms with Crippen molar-refractivity contribution in [2.75, 3.05) is 20.2 Å². The zero-order chi connectivity index (χ0) is 15.0. The molecule has 0 unspecified atom stereocenters. The number of rotatable bonds is 7. The van der Waals surface area contributed by atoms with Gasteiger partial charge in [-0.2, -0.15) is 0 Å². The molecule has 1 aromatic carbocycles. The molecule has 3 nitrogen and oxygen atoms in total. The number of nitrogens with zero attached hydrogens (tertiary/aromatic N) is 1. The van der Waals surface area contributed by atoms with Crippen LogP contribution in [0.2, 0.25) is 5.02 Å². The lowest BCUT2D eigenvalue weighted by Gasteiger charge is -2.16. The van der Waals surface area contributed by atoms with E-state index in [1.54, 1.807) is 48.4 Å². The zero-order valence-electron chi connectivity index (χ0n) is 11.5. The lowest BCUT2D eigenvalue weighted by molar-refractivity contribution is -0.124. The molecule has 4 heteroatoms. The van der Waals surface area contributed by atoms with Crippen LogP contribution in [0.15, 0.2) is 49.6 Å². The fourth-order valence-electron chi connectivity index (χ4n) is 1.67. The first-order chi connectivity index (χ1) is 9.62. The van der Waals surface area contributed by atoms with Gasteiger partial charge in [0.25, 0.3) is 0 Å². The lowest BCUT2D eigenvalue weighted by atomic mass is 10.2. The highest BCUT2D eigenvalue weighted by molar-refractivity contribution is 6.30. The highest BCUT2D eigenvalue weighted by atomic mass is 35.5. The molecule has 1 rings (SSSR count). The third kappa shape index (κ3) is 4.59. The Morgan fingerprint density at radius 2 is 2.00 bits per heavy atom. The molecule has 0 aliphatic carbocycles. The van der Waals surface area contributed by atoms with Crippen molar-refractivity contribution < 1.29 is 9.53 Å². The highest BCUT2D eigenvalue weighted by Crippen LogP contribution is 2.23. The quantitative estimate of drug-likeness (QED) is 0.568. The molecular formula is C16H18ClNO2. The van der Waals surface area contributed by atoms with Gasteiger partial charge in [0.1, 0.15) is 5.75 Å². The Labute approximate surface area is 124 Å². The van der Waals surface area contributed by atoms with Gasteiger partial charge in [0.05, 0.1) is 7.11 Å². The van der Waals surface area contributed by atoms with Gasteiger partial charge < -0.3 is 9.64 Å². The summed E-state index contributed by atoms with van der Waals surface area (Å²) in [6.07, 6.45) is 6.53. The van der Waals surface area contributed by atoms with E-state index in [2.05, 4.69) is 13.2 Å². The Bertz CT molecular complexity index is 513. The molecule has 0 spiro atoms. The minimum atomic E-state index is -0.119. The van der Waals surface area contributed by atoms with Crippen molar-refractivity contribution in [1.82, 2.24) is 4.90 Å². The van der Waals surface area contributed by atoms with Crippen molar-refractivity contribution in [3.8, 4) is 5.75 Å². The Morgan fingerprint density at radius 1 is 1.35 bits per heavy atom. The predicted molar refractivity (Wildman–Crippen MR) is 84.0 cm³/mol. The normalized spacial score (nSPS) is 10.3. The molecule has 106 valence electrons. The number of hydrogen-bond acceptors (Lipinski definition) is 2. The van der Waals surface area contributed by atoms with Crippen molar-refractivity contribution in [2.45, 2.75) is 0 Å². The number of methoxy groups -OCH3 is 1. The second-order valence-corrected chi connectivity index (χ2v) is 4.48. The summed E-state index contributed by atoms with van der Waals surface area (Å²) in [4.78, 5) is 13.7. The van der Waals surface area contributed by atoms with Crippen LogP contribution in [0.1, 0.15) is 5.56 Å². The van der Waals surface area contributed by atoms with Crippen molar-refractivity contribution in [3.05, 3.63) is 60.2 Å². The first kappa shape index (κ1) is 16.1. The average molecular weight is 292 g/mol. The maximum atomic E-state index is 12.1. The van der Waals surface area contributed by atoms with Gasteiger partial charge in [-0.3, -0.25) is 4.79 Å². The first-order valence-corrected chi connectivity index (χ1v) is 6.52. The summed E-state index contributed by atoms with van der Waals surface area (Å²) in [5.74, 6) is 0.546. The molecule has 0 radical (unpaired) electrons. The molecule has 20 heavy (non-hydrogen) atoms. The number of ether oxygens (including phenoxy) is 1. The van der Waals surface area contributed by atoms with Gasteiger partial charge in [0, 0.05) is 29.8 Å². The molecular weight excluding hydrogens is 274 g/mol. The topological polar surface area (TPSA) is 29.5 Å². The SMILES string of the molecule is C=CCN(CC=C)C(=O)/C=C/c1cc(Cl)ccc1OC. The summed E-state index contributed by atoms with van der Waals surface area (Å²) in [5, 5.41) is 0.590. The molecule has 0 heterocycles. The van der Waals surface area contributed by atoms with E-state index >= 15 is 0 Å². The van der Waals surface area contributed by atoms with Crippen molar-refractivity contribution in [3.63, 3.8) is 0 Å². The summed E-state index contributed by atoms with van der Waals surface area (Å²) in [7, 11) is 1.57. The lowest BCUT2D eigenvalue weighted by Crippen LogP contribution is -2.29. The summed E-state index contributed by atoms with van der Waals surface area (Å²) in [6.45, 7) is 8.21. The third-order valence-electron chi connectivity index (χ3n) is 2.61. The van der Waals surface area contributed by atoms with Crippen LogP contribution < -0.4 is 4.74 Å². The predicted octanol–water partition coefficient (Wildman–Crippen LogP) is 3.56. The van der Waals surface area contributed by atoms with Crippen LogP contribution in [0.3, 0.4) is 0 Å². The van der Waals surface area contributed by atoms with Crippen molar-refractivity contribution in [2.24, 2.45) is 0 Å². The van der Waals surface area contributed by atoms with E-state index in [0.717, 1.165) is 5.56 Å². The minimum Gasteiger partial charge on any atom is -0.496 e. The molecule has 0 atom stereocenters. The molecule has 0 saturated carbocycles. The Morgan fingerprint density at radius 3 is 2.55 bits per heavy atom. The molecule has 0 aliphatic rings. The Balaban J connectivity index is 2.90. The number of amides is 1. The molecule has 1 amide bonds. The summed E-state index contributed by atoms with van der Waals surface area (Å²) in [6, 6.07) is 5.24. The van der Waals surface area contributed by atoms with E-state index in [0.29, 0.717) is 23.9 Å². The maximum absolute atomic E-state index is 12.1. The van der Waals surface area contributed by atoms with Crippen LogP contribution >= 0.6 is 11.6 Å². The average Bonchev–Trinajstić information content (AvgIpc) is 2.44. The van der Waals surface area contributed by atoms with Gasteiger partial charge in [-0.15, -0.1) is 13.2 Å². The number of carbonyl (C=O) groups excluding carboxylic acids is 1. The minimum absolute atomic E-state index is 0.119. The van der Waals surface area contributed by atoms with E-state index in [1.807, 2.05) is 0 Å². The summed E-state index contributed by atoms with van der Waals surface area (Å²) >= 11 is 5.94. The van der Waals surface area contributed by atoms with Crippen LogP contribution in [0.4, 0.5) is 0 Å². The molecule has 0 N–H and O–H groups in total. The van der Waals surface area contributed by atoms with Gasteiger partial charge in [-0.05, 0) is 24.3 Å². The van der Waals surface area contributed by atoms with Crippen molar-refractivity contribution in [1.29, 1.82) is 0 Å². The monoisotopic (exact) mass is 291 g/mol. The summed E-state index contributed by atoms with van der Waals surface area (Å²) in [5.41, 5.74) is 0.755. The molecule has 1 aromatic rings. The zero-order valence-corrected chi connectivity index (χ0v) is 12.3. The van der Waals surface area contributed by atoms with Crippen LogP contribution in [0.5, 0.6) is 5.75 Å². The molecule has 0 saturated heterocycles. The second kappa shape index (κ2) is 8.23. The number of benzene rings is 1. The maximum Gasteiger partial charge on any atom is 0.247 e. The van der Waals surface area contributed by atoms with E-state index in [9.17, 15) is 4.79 Å². The van der Waals surface area contributed by atoms with Gasteiger partial charge in [-0.25, -0.2) is 0 Å². The van der Waals surface area contributed by atoms with E-state index < -0.39 is 0 Å². The van der Waals surface area contributed by atoms with E-state index in [4.69, 9.17) is 16.3 Å². The Hall–Kier alpha value is -2.00.